The van der Waals surface area contributed by atoms with E-state index in [2.05, 4.69) is 29.4 Å². The molecular formula is C26H33N6O3S2+. The molecule has 1 aromatic heterocycles. The SMILES string of the molecule is CCn1c(SCC(=O)N2CCc3ccccc3C2)nnc1-c1ccc(S(=O)(=O)N2CC[NH+](C)CC2)cc1. The van der Waals surface area contributed by atoms with Crippen LogP contribution in [0, 0.1) is 0 Å². The zero-order chi connectivity index (χ0) is 26.0. The van der Waals surface area contributed by atoms with Crippen LogP contribution in [0.25, 0.3) is 11.4 Å². The number of nitrogens with zero attached hydrogens (tertiary/aromatic N) is 5. The van der Waals surface area contributed by atoms with Crippen molar-refractivity contribution < 1.29 is 18.1 Å². The third-order valence-corrected chi connectivity index (χ3v) is 10.0. The summed E-state index contributed by atoms with van der Waals surface area (Å²) in [7, 11) is -1.43. The zero-order valence-electron chi connectivity index (χ0n) is 21.3. The number of amides is 1. The number of likely N-dealkylation sites (N-methyl/N-ethyl adjacent to an activating group) is 1. The fourth-order valence-corrected chi connectivity index (χ4v) is 7.20. The third-order valence-electron chi connectivity index (χ3n) is 7.17. The van der Waals surface area contributed by atoms with Gasteiger partial charge in [0.25, 0.3) is 0 Å². The number of hydrogen-bond donors (Lipinski definition) is 1. The lowest BCUT2D eigenvalue weighted by molar-refractivity contribution is -0.883. The summed E-state index contributed by atoms with van der Waals surface area (Å²) in [5.41, 5.74) is 3.32. The lowest BCUT2D eigenvalue weighted by Crippen LogP contribution is -3.12. The highest BCUT2D eigenvalue weighted by Gasteiger charge is 2.29. The van der Waals surface area contributed by atoms with Gasteiger partial charge in [-0.05, 0) is 48.7 Å². The fourth-order valence-electron chi connectivity index (χ4n) is 4.85. The van der Waals surface area contributed by atoms with E-state index in [1.54, 1.807) is 28.6 Å². The van der Waals surface area contributed by atoms with Crippen LogP contribution < -0.4 is 4.90 Å². The first-order valence-corrected chi connectivity index (χ1v) is 15.1. The van der Waals surface area contributed by atoms with Gasteiger partial charge in [0.05, 0.1) is 43.9 Å². The van der Waals surface area contributed by atoms with Crippen molar-refractivity contribution in [3.63, 3.8) is 0 Å². The van der Waals surface area contributed by atoms with Crippen molar-refractivity contribution in [3.8, 4) is 11.4 Å². The van der Waals surface area contributed by atoms with Gasteiger partial charge in [0.1, 0.15) is 0 Å². The van der Waals surface area contributed by atoms with E-state index in [0.29, 0.717) is 47.8 Å². The van der Waals surface area contributed by atoms with E-state index >= 15 is 0 Å². The van der Waals surface area contributed by atoms with Crippen molar-refractivity contribution in [2.24, 2.45) is 0 Å². The van der Waals surface area contributed by atoms with Crippen molar-refractivity contribution >= 4 is 27.7 Å². The summed E-state index contributed by atoms with van der Waals surface area (Å²) < 4.78 is 29.7. The molecule has 0 radical (unpaired) electrons. The largest absolute Gasteiger partial charge is 0.337 e. The highest BCUT2D eigenvalue weighted by molar-refractivity contribution is 7.99. The first kappa shape index (κ1) is 25.9. The maximum Gasteiger partial charge on any atom is 0.243 e. The van der Waals surface area contributed by atoms with E-state index < -0.39 is 10.0 Å². The molecule has 0 saturated carbocycles. The molecule has 2 aliphatic heterocycles. The van der Waals surface area contributed by atoms with E-state index in [9.17, 15) is 13.2 Å². The van der Waals surface area contributed by atoms with Crippen molar-refractivity contribution in [1.29, 1.82) is 0 Å². The molecule has 0 bridgehead atoms. The highest BCUT2D eigenvalue weighted by Crippen LogP contribution is 2.27. The Hall–Kier alpha value is -2.73. The molecule has 2 aliphatic rings. The summed E-state index contributed by atoms with van der Waals surface area (Å²) in [6.45, 7) is 6.70. The predicted molar refractivity (Wildman–Crippen MR) is 143 cm³/mol. The summed E-state index contributed by atoms with van der Waals surface area (Å²) >= 11 is 1.39. The molecule has 1 N–H and O–H groups in total. The second-order valence-corrected chi connectivity index (χ2v) is 12.4. The van der Waals surface area contributed by atoms with Gasteiger partial charge in [0, 0.05) is 25.2 Å². The van der Waals surface area contributed by atoms with Crippen LogP contribution in [-0.4, -0.2) is 83.8 Å². The van der Waals surface area contributed by atoms with E-state index in [4.69, 9.17) is 0 Å². The Bertz CT molecular complexity index is 1370. The fraction of sp³-hybridized carbons (Fsp3) is 0.423. The smallest absolute Gasteiger partial charge is 0.243 e. The minimum absolute atomic E-state index is 0.0896. The number of fused-ring (bicyclic) bond motifs is 1. The summed E-state index contributed by atoms with van der Waals surface area (Å²) in [5.74, 6) is 1.05. The predicted octanol–water partition coefficient (Wildman–Crippen LogP) is 1.16. The standard InChI is InChI=1S/C26H32N6O3S2/c1-3-32-25(21-8-10-23(11-9-21)37(34,35)31-16-14-29(2)15-17-31)27-28-26(32)36-19-24(33)30-13-12-20-6-4-5-7-22(20)18-30/h4-11H,3,12-19H2,1-2H3/p+1. The molecule has 1 fully saturated rings. The number of aromatic nitrogens is 3. The van der Waals surface area contributed by atoms with Crippen molar-refractivity contribution in [2.75, 3.05) is 45.5 Å². The molecule has 11 heteroatoms. The van der Waals surface area contributed by atoms with Gasteiger partial charge < -0.3 is 14.4 Å². The Kier molecular flexibility index (Phi) is 7.66. The molecule has 3 aromatic rings. The molecule has 37 heavy (non-hydrogen) atoms. The summed E-state index contributed by atoms with van der Waals surface area (Å²) in [4.78, 5) is 16.5. The first-order valence-electron chi connectivity index (χ1n) is 12.7. The van der Waals surface area contributed by atoms with Gasteiger partial charge in [-0.25, -0.2) is 8.42 Å². The van der Waals surface area contributed by atoms with Crippen molar-refractivity contribution in [1.82, 2.24) is 24.0 Å². The molecule has 196 valence electrons. The summed E-state index contributed by atoms with van der Waals surface area (Å²) in [5, 5.41) is 9.40. The van der Waals surface area contributed by atoms with Crippen LogP contribution in [0.5, 0.6) is 0 Å². The maximum atomic E-state index is 13.1. The monoisotopic (exact) mass is 541 g/mol. The minimum Gasteiger partial charge on any atom is -0.337 e. The lowest BCUT2D eigenvalue weighted by Gasteiger charge is -2.29. The Labute approximate surface area is 222 Å². The van der Waals surface area contributed by atoms with E-state index in [1.807, 2.05) is 28.5 Å². The number of rotatable bonds is 7. The number of thioether (sulfide) groups is 1. The van der Waals surface area contributed by atoms with Crippen molar-refractivity contribution in [2.45, 2.75) is 36.5 Å². The molecule has 2 aromatic carbocycles. The van der Waals surface area contributed by atoms with Crippen LogP contribution in [0.1, 0.15) is 18.1 Å². The summed E-state index contributed by atoms with van der Waals surface area (Å²) in [6, 6.07) is 15.1. The van der Waals surface area contributed by atoms with Crippen LogP contribution in [0.3, 0.4) is 0 Å². The Morgan fingerprint density at radius 3 is 2.41 bits per heavy atom. The average molecular weight is 542 g/mol. The van der Waals surface area contributed by atoms with Crippen LogP contribution in [0.15, 0.2) is 58.6 Å². The Morgan fingerprint density at radius 1 is 1.00 bits per heavy atom. The second kappa shape index (κ2) is 10.9. The lowest BCUT2D eigenvalue weighted by atomic mass is 10.00. The average Bonchev–Trinajstić information content (AvgIpc) is 3.34. The number of quaternary nitrogens is 1. The van der Waals surface area contributed by atoms with Gasteiger partial charge >= 0.3 is 0 Å². The number of hydrogen-bond acceptors (Lipinski definition) is 6. The van der Waals surface area contributed by atoms with Gasteiger partial charge in [0.15, 0.2) is 11.0 Å². The number of benzene rings is 2. The number of nitrogens with one attached hydrogen (secondary N) is 1. The van der Waals surface area contributed by atoms with E-state index in [1.165, 1.54) is 27.8 Å². The number of carbonyl (C=O) groups excluding carboxylic acids is 1. The topological polar surface area (TPSA) is 92.8 Å². The highest BCUT2D eigenvalue weighted by atomic mass is 32.2. The van der Waals surface area contributed by atoms with Crippen molar-refractivity contribution in [3.05, 3.63) is 59.7 Å². The third kappa shape index (κ3) is 5.45. The molecule has 1 saturated heterocycles. The number of piperazine rings is 1. The molecule has 0 aliphatic carbocycles. The quantitative estimate of drug-likeness (QED) is 0.452. The Balaban J connectivity index is 1.25. The molecule has 0 spiro atoms. The van der Waals surface area contributed by atoms with Crippen LogP contribution >= 0.6 is 11.8 Å². The zero-order valence-corrected chi connectivity index (χ0v) is 22.9. The van der Waals surface area contributed by atoms with E-state index in [-0.39, 0.29) is 5.91 Å². The number of carbonyl (C=O) groups is 1. The molecule has 0 unspecified atom stereocenters. The van der Waals surface area contributed by atoms with Gasteiger partial charge in [-0.3, -0.25) is 4.79 Å². The minimum atomic E-state index is -3.51. The maximum absolute atomic E-state index is 13.1. The van der Waals surface area contributed by atoms with Gasteiger partial charge in [-0.1, -0.05) is 36.0 Å². The summed E-state index contributed by atoms with van der Waals surface area (Å²) in [6.07, 6.45) is 0.878. The molecule has 5 rings (SSSR count). The Morgan fingerprint density at radius 2 is 1.70 bits per heavy atom. The van der Waals surface area contributed by atoms with Gasteiger partial charge in [0.2, 0.25) is 15.9 Å². The molecule has 1 amide bonds. The van der Waals surface area contributed by atoms with Gasteiger partial charge in [-0.2, -0.15) is 4.31 Å². The first-order chi connectivity index (χ1) is 17.9. The van der Waals surface area contributed by atoms with Crippen LogP contribution in [-0.2, 0) is 34.3 Å². The normalized spacial score (nSPS) is 17.1. The van der Waals surface area contributed by atoms with Crippen LogP contribution in [0.2, 0.25) is 0 Å². The van der Waals surface area contributed by atoms with E-state index in [0.717, 1.165) is 31.6 Å². The molecular weight excluding hydrogens is 508 g/mol. The molecule has 3 heterocycles. The molecule has 9 nitrogen and oxygen atoms in total. The second-order valence-electron chi connectivity index (χ2n) is 9.56. The van der Waals surface area contributed by atoms with Gasteiger partial charge in [-0.15, -0.1) is 10.2 Å². The van der Waals surface area contributed by atoms with Crippen LogP contribution in [0.4, 0.5) is 0 Å². The number of sulfonamides is 1. The molecule has 0 atom stereocenters.